The van der Waals surface area contributed by atoms with Crippen LogP contribution in [0, 0.1) is 6.92 Å². The normalized spacial score (nSPS) is 11.2. The van der Waals surface area contributed by atoms with Gasteiger partial charge in [0.25, 0.3) is 5.91 Å². The summed E-state index contributed by atoms with van der Waals surface area (Å²) >= 11 is 0. The highest BCUT2D eigenvalue weighted by Crippen LogP contribution is 2.19. The number of aliphatic imine (C=N–C) groups is 1. The molecule has 1 amide bonds. The van der Waals surface area contributed by atoms with Gasteiger partial charge in [-0.1, -0.05) is 29.8 Å². The molecule has 7 nitrogen and oxygen atoms in total. The predicted octanol–water partition coefficient (Wildman–Crippen LogP) is 3.43. The van der Waals surface area contributed by atoms with Crippen molar-refractivity contribution in [2.24, 2.45) is 4.99 Å². The lowest BCUT2D eigenvalue weighted by atomic mass is 10.1. The van der Waals surface area contributed by atoms with Crippen molar-refractivity contribution in [3.63, 3.8) is 0 Å². The summed E-state index contributed by atoms with van der Waals surface area (Å²) in [6, 6.07) is 17.3. The number of methoxy groups -OCH3 is 1. The van der Waals surface area contributed by atoms with Gasteiger partial charge in [-0.05, 0) is 54.8 Å². The van der Waals surface area contributed by atoms with Gasteiger partial charge in [-0.3, -0.25) is 9.79 Å². The van der Waals surface area contributed by atoms with Crippen molar-refractivity contribution in [2.45, 2.75) is 26.4 Å². The first-order valence-corrected chi connectivity index (χ1v) is 10.6. The summed E-state index contributed by atoms with van der Waals surface area (Å²) < 4.78 is 10.7. The number of furan rings is 1. The Morgan fingerprint density at radius 2 is 1.91 bits per heavy atom. The summed E-state index contributed by atoms with van der Waals surface area (Å²) in [5.41, 5.74) is 3.95. The van der Waals surface area contributed by atoms with E-state index in [1.54, 1.807) is 32.6 Å². The largest absolute Gasteiger partial charge is 0.496 e. The van der Waals surface area contributed by atoms with Crippen LogP contribution < -0.4 is 20.7 Å². The molecule has 7 heteroatoms. The fourth-order valence-corrected chi connectivity index (χ4v) is 3.33. The third-order valence-electron chi connectivity index (χ3n) is 5.00. The monoisotopic (exact) mass is 434 g/mol. The first-order chi connectivity index (χ1) is 15.6. The number of aryl methyl sites for hydroxylation is 1. The molecule has 0 aliphatic carbocycles. The molecular weight excluding hydrogens is 404 g/mol. The Morgan fingerprint density at radius 3 is 2.66 bits per heavy atom. The molecular formula is C25H30N4O3. The van der Waals surface area contributed by atoms with Crippen LogP contribution in [-0.2, 0) is 19.5 Å². The van der Waals surface area contributed by atoms with E-state index in [2.05, 4.69) is 33.9 Å². The minimum absolute atomic E-state index is 0.141. The average Bonchev–Trinajstić information content (AvgIpc) is 3.34. The summed E-state index contributed by atoms with van der Waals surface area (Å²) in [6.07, 6.45) is 2.41. The van der Waals surface area contributed by atoms with Crippen molar-refractivity contribution in [3.8, 4) is 5.75 Å². The number of nitrogens with zero attached hydrogens (tertiary/aromatic N) is 1. The van der Waals surface area contributed by atoms with E-state index in [0.29, 0.717) is 36.9 Å². The molecule has 3 aromatic rings. The van der Waals surface area contributed by atoms with E-state index in [1.165, 1.54) is 5.56 Å². The van der Waals surface area contributed by atoms with E-state index >= 15 is 0 Å². The molecule has 0 atom stereocenters. The summed E-state index contributed by atoms with van der Waals surface area (Å²) in [7, 11) is 3.43. The second-order valence-electron chi connectivity index (χ2n) is 7.38. The van der Waals surface area contributed by atoms with Crippen LogP contribution in [0.5, 0.6) is 5.75 Å². The standard InChI is InChI=1S/C25H30N4O3/c1-18-9-10-23(31-3)20(14-18)11-12-27-25(26-2)29-16-19-6-4-7-21(15-19)24(30)28-17-22-8-5-13-32-22/h4-10,13-15H,11-12,16-17H2,1-3H3,(H,28,30)(H2,26,27,29). The van der Waals surface area contributed by atoms with Crippen LogP contribution in [0.2, 0.25) is 0 Å². The predicted molar refractivity (Wildman–Crippen MR) is 126 cm³/mol. The summed E-state index contributed by atoms with van der Waals surface area (Å²) in [5.74, 6) is 2.17. The molecule has 0 fully saturated rings. The maximum absolute atomic E-state index is 12.4. The van der Waals surface area contributed by atoms with Crippen LogP contribution in [0.4, 0.5) is 0 Å². The quantitative estimate of drug-likeness (QED) is 0.355. The molecule has 1 aromatic heterocycles. The highest BCUT2D eigenvalue weighted by atomic mass is 16.5. The number of ether oxygens (including phenoxy) is 1. The Morgan fingerprint density at radius 1 is 1.03 bits per heavy atom. The number of carbonyl (C=O) groups excluding carboxylic acids is 1. The van der Waals surface area contributed by atoms with Crippen molar-refractivity contribution in [2.75, 3.05) is 20.7 Å². The first kappa shape index (κ1) is 22.9. The fraction of sp³-hybridized carbons (Fsp3) is 0.280. The Hall–Kier alpha value is -3.74. The lowest BCUT2D eigenvalue weighted by Gasteiger charge is -2.14. The van der Waals surface area contributed by atoms with Crippen molar-refractivity contribution < 1.29 is 13.9 Å². The summed E-state index contributed by atoms with van der Waals surface area (Å²) in [6.45, 7) is 3.69. The molecule has 168 valence electrons. The van der Waals surface area contributed by atoms with Crippen molar-refractivity contribution in [3.05, 3.63) is 88.9 Å². The Labute approximate surface area is 188 Å². The van der Waals surface area contributed by atoms with Crippen LogP contribution >= 0.6 is 0 Å². The number of carbonyl (C=O) groups is 1. The Balaban J connectivity index is 1.49. The van der Waals surface area contributed by atoms with Gasteiger partial charge >= 0.3 is 0 Å². The van der Waals surface area contributed by atoms with Gasteiger partial charge < -0.3 is 25.1 Å². The highest BCUT2D eigenvalue weighted by Gasteiger charge is 2.08. The SMILES string of the molecule is CN=C(NCCc1cc(C)ccc1OC)NCc1cccc(C(=O)NCc2ccco2)c1. The number of rotatable bonds is 9. The van der Waals surface area contributed by atoms with E-state index in [-0.39, 0.29) is 5.91 Å². The number of nitrogens with one attached hydrogen (secondary N) is 3. The zero-order valence-electron chi connectivity index (χ0n) is 18.8. The van der Waals surface area contributed by atoms with E-state index in [0.717, 1.165) is 23.3 Å². The molecule has 0 aliphatic rings. The molecule has 0 saturated carbocycles. The molecule has 2 aromatic carbocycles. The molecule has 0 unspecified atom stereocenters. The number of guanidine groups is 1. The van der Waals surface area contributed by atoms with Crippen LogP contribution in [0.15, 0.2) is 70.3 Å². The molecule has 0 spiro atoms. The van der Waals surface area contributed by atoms with Gasteiger partial charge in [0.1, 0.15) is 11.5 Å². The second-order valence-corrected chi connectivity index (χ2v) is 7.38. The van der Waals surface area contributed by atoms with Gasteiger partial charge in [0.15, 0.2) is 5.96 Å². The average molecular weight is 435 g/mol. The summed E-state index contributed by atoms with van der Waals surface area (Å²) in [5, 5.41) is 9.48. The van der Waals surface area contributed by atoms with Gasteiger partial charge in [-0.15, -0.1) is 0 Å². The van der Waals surface area contributed by atoms with Crippen LogP contribution in [0.3, 0.4) is 0 Å². The number of hydrogen-bond donors (Lipinski definition) is 3. The van der Waals surface area contributed by atoms with Gasteiger partial charge in [-0.2, -0.15) is 0 Å². The molecule has 0 saturated heterocycles. The topological polar surface area (TPSA) is 87.9 Å². The lowest BCUT2D eigenvalue weighted by Crippen LogP contribution is -2.38. The van der Waals surface area contributed by atoms with E-state index < -0.39 is 0 Å². The molecule has 3 N–H and O–H groups in total. The Bertz CT molecular complexity index is 1050. The van der Waals surface area contributed by atoms with E-state index in [1.807, 2.05) is 36.4 Å². The number of benzene rings is 2. The van der Waals surface area contributed by atoms with E-state index in [9.17, 15) is 4.79 Å². The lowest BCUT2D eigenvalue weighted by molar-refractivity contribution is 0.0948. The first-order valence-electron chi connectivity index (χ1n) is 10.6. The molecule has 1 heterocycles. The van der Waals surface area contributed by atoms with Crippen molar-refractivity contribution in [1.82, 2.24) is 16.0 Å². The minimum atomic E-state index is -0.141. The van der Waals surface area contributed by atoms with Crippen LogP contribution in [0.1, 0.15) is 32.8 Å². The second kappa shape index (κ2) is 11.6. The molecule has 3 rings (SSSR count). The third kappa shape index (κ3) is 6.63. The summed E-state index contributed by atoms with van der Waals surface area (Å²) in [4.78, 5) is 16.7. The molecule has 0 radical (unpaired) electrons. The van der Waals surface area contributed by atoms with Crippen LogP contribution in [-0.4, -0.2) is 32.6 Å². The maximum Gasteiger partial charge on any atom is 0.251 e. The fourth-order valence-electron chi connectivity index (χ4n) is 3.33. The highest BCUT2D eigenvalue weighted by molar-refractivity contribution is 5.94. The van der Waals surface area contributed by atoms with Gasteiger partial charge in [0.2, 0.25) is 0 Å². The number of amides is 1. The Kier molecular flexibility index (Phi) is 8.31. The van der Waals surface area contributed by atoms with E-state index in [4.69, 9.17) is 9.15 Å². The maximum atomic E-state index is 12.4. The van der Waals surface area contributed by atoms with Crippen LogP contribution in [0.25, 0.3) is 0 Å². The smallest absolute Gasteiger partial charge is 0.251 e. The zero-order valence-corrected chi connectivity index (χ0v) is 18.8. The molecule has 0 bridgehead atoms. The van der Waals surface area contributed by atoms with Gasteiger partial charge in [0.05, 0.1) is 19.9 Å². The third-order valence-corrected chi connectivity index (χ3v) is 5.00. The van der Waals surface area contributed by atoms with Crippen molar-refractivity contribution >= 4 is 11.9 Å². The zero-order chi connectivity index (χ0) is 22.8. The van der Waals surface area contributed by atoms with Crippen molar-refractivity contribution in [1.29, 1.82) is 0 Å². The van der Waals surface area contributed by atoms with Gasteiger partial charge in [-0.25, -0.2) is 0 Å². The number of hydrogen-bond acceptors (Lipinski definition) is 4. The van der Waals surface area contributed by atoms with Gasteiger partial charge in [0, 0.05) is 25.7 Å². The molecule has 0 aliphatic heterocycles. The minimum Gasteiger partial charge on any atom is -0.496 e. The molecule has 32 heavy (non-hydrogen) atoms.